The van der Waals surface area contributed by atoms with Crippen LogP contribution in [0.1, 0.15) is 21.9 Å². The Kier molecular flexibility index (Phi) is 2.87. The van der Waals surface area contributed by atoms with Gasteiger partial charge in [-0.25, -0.2) is 4.79 Å². The summed E-state index contributed by atoms with van der Waals surface area (Å²) in [4.78, 5) is 10.7. The van der Waals surface area contributed by atoms with Crippen molar-refractivity contribution in [1.82, 2.24) is 0 Å². The van der Waals surface area contributed by atoms with Crippen LogP contribution in [0.5, 0.6) is 11.5 Å². The molecule has 5 nitrogen and oxygen atoms in total. The summed E-state index contributed by atoms with van der Waals surface area (Å²) in [5.41, 5.74) is 0.982. The zero-order valence-electron chi connectivity index (χ0n) is 10.1. The number of furan rings is 1. The van der Waals surface area contributed by atoms with E-state index in [1.165, 1.54) is 6.07 Å². The highest BCUT2D eigenvalue weighted by Gasteiger charge is 2.13. The highest BCUT2D eigenvalue weighted by molar-refractivity contribution is 5.84. The molecule has 1 N–H and O–H groups in total. The van der Waals surface area contributed by atoms with Crippen molar-refractivity contribution in [3.8, 4) is 11.5 Å². The molecule has 98 valence electrons. The maximum Gasteiger partial charge on any atom is 0.371 e. The molecule has 5 heteroatoms. The Hall–Kier alpha value is -2.43. The van der Waals surface area contributed by atoms with Crippen molar-refractivity contribution in [3.63, 3.8) is 0 Å². The number of hydrogen-bond donors (Lipinski definition) is 1. The van der Waals surface area contributed by atoms with Crippen LogP contribution in [0.15, 0.2) is 34.7 Å². The molecule has 2 aromatic rings. The molecule has 2 heterocycles. The van der Waals surface area contributed by atoms with E-state index in [-0.39, 0.29) is 5.76 Å². The monoisotopic (exact) mass is 260 g/mol. The number of carbonyl (C=O) groups is 1. The van der Waals surface area contributed by atoms with Gasteiger partial charge in [-0.05, 0) is 29.8 Å². The van der Waals surface area contributed by atoms with Crippen LogP contribution < -0.4 is 9.47 Å². The highest BCUT2D eigenvalue weighted by Crippen LogP contribution is 2.31. The average Bonchev–Trinajstić information content (AvgIpc) is 2.87. The first-order valence-corrected chi connectivity index (χ1v) is 5.93. The number of ether oxygens (including phenoxy) is 2. The van der Waals surface area contributed by atoms with Gasteiger partial charge in [0.25, 0.3) is 0 Å². The van der Waals surface area contributed by atoms with Crippen LogP contribution >= 0.6 is 0 Å². The number of carboxylic acids is 1. The van der Waals surface area contributed by atoms with Crippen LogP contribution in [-0.2, 0) is 6.42 Å². The number of aromatic carboxylic acids is 1. The van der Waals surface area contributed by atoms with Crippen molar-refractivity contribution in [1.29, 1.82) is 0 Å². The van der Waals surface area contributed by atoms with E-state index in [1.54, 1.807) is 6.07 Å². The number of carboxylic acid groups (broad SMARTS) is 1. The van der Waals surface area contributed by atoms with E-state index in [1.807, 2.05) is 18.2 Å². The Balaban J connectivity index is 1.80. The van der Waals surface area contributed by atoms with E-state index >= 15 is 0 Å². The van der Waals surface area contributed by atoms with Gasteiger partial charge < -0.3 is 19.0 Å². The van der Waals surface area contributed by atoms with Crippen LogP contribution in [0.2, 0.25) is 0 Å². The Bertz CT molecular complexity index is 614. The summed E-state index contributed by atoms with van der Waals surface area (Å²) in [6.45, 7) is 1.10. The summed E-state index contributed by atoms with van der Waals surface area (Å²) < 4.78 is 16.2. The van der Waals surface area contributed by atoms with Crippen molar-refractivity contribution in [2.24, 2.45) is 0 Å². The van der Waals surface area contributed by atoms with Crippen molar-refractivity contribution < 1.29 is 23.8 Å². The van der Waals surface area contributed by atoms with Crippen LogP contribution in [-0.4, -0.2) is 24.3 Å². The molecule has 1 aromatic heterocycles. The van der Waals surface area contributed by atoms with Gasteiger partial charge in [0, 0.05) is 6.42 Å². The zero-order valence-corrected chi connectivity index (χ0v) is 10.1. The van der Waals surface area contributed by atoms with Crippen LogP contribution in [0.25, 0.3) is 0 Å². The first-order valence-electron chi connectivity index (χ1n) is 5.93. The summed E-state index contributed by atoms with van der Waals surface area (Å²) in [6.07, 6.45) is 0.518. The second-order valence-electron chi connectivity index (χ2n) is 4.23. The standard InChI is InChI=1S/C14H12O5/c15-14(16)12-4-2-10(19-12)7-9-1-3-11-13(8-9)18-6-5-17-11/h1-4,8H,5-7H2,(H,15,16). The van der Waals surface area contributed by atoms with Crippen molar-refractivity contribution in [2.75, 3.05) is 13.2 Å². The summed E-state index contributed by atoms with van der Waals surface area (Å²) in [7, 11) is 0. The minimum atomic E-state index is -1.06. The van der Waals surface area contributed by atoms with Gasteiger partial charge >= 0.3 is 5.97 Å². The summed E-state index contributed by atoms with van der Waals surface area (Å²) in [6, 6.07) is 8.77. The topological polar surface area (TPSA) is 68.9 Å². The lowest BCUT2D eigenvalue weighted by Gasteiger charge is -2.18. The molecule has 0 saturated carbocycles. The van der Waals surface area contributed by atoms with E-state index < -0.39 is 5.97 Å². The molecule has 0 atom stereocenters. The molecule has 1 aliphatic heterocycles. The van der Waals surface area contributed by atoms with E-state index in [0.29, 0.717) is 31.1 Å². The van der Waals surface area contributed by atoms with Crippen molar-refractivity contribution in [3.05, 3.63) is 47.4 Å². The lowest BCUT2D eigenvalue weighted by molar-refractivity contribution is 0.0660. The van der Waals surface area contributed by atoms with Crippen LogP contribution in [0.3, 0.4) is 0 Å². The Morgan fingerprint density at radius 1 is 1.11 bits per heavy atom. The maximum atomic E-state index is 10.7. The molecule has 0 aliphatic carbocycles. The lowest BCUT2D eigenvalue weighted by Crippen LogP contribution is -2.15. The Labute approximate surface area is 109 Å². The average molecular weight is 260 g/mol. The van der Waals surface area contributed by atoms with Gasteiger partial charge in [0.1, 0.15) is 19.0 Å². The van der Waals surface area contributed by atoms with E-state index in [2.05, 4.69) is 0 Å². The molecular weight excluding hydrogens is 248 g/mol. The highest BCUT2D eigenvalue weighted by atomic mass is 16.6. The lowest BCUT2D eigenvalue weighted by atomic mass is 10.1. The molecule has 0 spiro atoms. The number of hydrogen-bond acceptors (Lipinski definition) is 4. The van der Waals surface area contributed by atoms with Gasteiger partial charge in [-0.1, -0.05) is 6.07 Å². The van der Waals surface area contributed by atoms with Gasteiger partial charge in [-0.15, -0.1) is 0 Å². The zero-order chi connectivity index (χ0) is 13.2. The normalized spacial score (nSPS) is 13.3. The predicted octanol–water partition coefficient (Wildman–Crippen LogP) is 2.34. The number of fused-ring (bicyclic) bond motifs is 1. The first-order chi connectivity index (χ1) is 9.22. The van der Waals surface area contributed by atoms with Gasteiger partial charge in [0.2, 0.25) is 5.76 Å². The van der Waals surface area contributed by atoms with Gasteiger partial charge in [-0.3, -0.25) is 0 Å². The third-order valence-corrected chi connectivity index (χ3v) is 2.86. The molecule has 0 saturated heterocycles. The molecule has 19 heavy (non-hydrogen) atoms. The fourth-order valence-electron chi connectivity index (χ4n) is 1.99. The summed E-state index contributed by atoms with van der Waals surface area (Å²) >= 11 is 0. The molecule has 0 fully saturated rings. The van der Waals surface area contributed by atoms with E-state index in [0.717, 1.165) is 11.3 Å². The van der Waals surface area contributed by atoms with Crippen LogP contribution in [0.4, 0.5) is 0 Å². The molecule has 1 aliphatic rings. The quantitative estimate of drug-likeness (QED) is 0.917. The van der Waals surface area contributed by atoms with Gasteiger partial charge in [-0.2, -0.15) is 0 Å². The first kappa shape index (κ1) is 11.6. The molecule has 1 aromatic carbocycles. The van der Waals surface area contributed by atoms with Crippen molar-refractivity contribution in [2.45, 2.75) is 6.42 Å². The predicted molar refractivity (Wildman–Crippen MR) is 65.9 cm³/mol. The van der Waals surface area contributed by atoms with Crippen molar-refractivity contribution >= 4 is 5.97 Å². The fraction of sp³-hybridized carbons (Fsp3) is 0.214. The number of rotatable bonds is 3. The SMILES string of the molecule is O=C(O)c1ccc(Cc2ccc3c(c2)OCCO3)o1. The smallest absolute Gasteiger partial charge is 0.371 e. The molecule has 0 unspecified atom stereocenters. The number of benzene rings is 1. The molecule has 0 amide bonds. The second-order valence-corrected chi connectivity index (χ2v) is 4.23. The molecule has 0 bridgehead atoms. The third kappa shape index (κ3) is 2.40. The largest absolute Gasteiger partial charge is 0.486 e. The molecule has 3 rings (SSSR count). The minimum absolute atomic E-state index is 0.0486. The Morgan fingerprint density at radius 2 is 1.89 bits per heavy atom. The fourth-order valence-corrected chi connectivity index (χ4v) is 1.99. The molecule has 0 radical (unpaired) electrons. The van der Waals surface area contributed by atoms with Gasteiger partial charge in [0.05, 0.1) is 0 Å². The Morgan fingerprint density at radius 3 is 2.63 bits per heavy atom. The summed E-state index contributed by atoms with van der Waals surface area (Å²) in [5.74, 6) is 0.949. The van der Waals surface area contributed by atoms with Crippen LogP contribution in [0, 0.1) is 0 Å². The third-order valence-electron chi connectivity index (χ3n) is 2.86. The maximum absolute atomic E-state index is 10.7. The second kappa shape index (κ2) is 4.68. The van der Waals surface area contributed by atoms with Gasteiger partial charge in [0.15, 0.2) is 11.5 Å². The minimum Gasteiger partial charge on any atom is -0.486 e. The molecular formula is C14H12O5. The van der Waals surface area contributed by atoms with E-state index in [4.69, 9.17) is 19.0 Å². The van der Waals surface area contributed by atoms with E-state index in [9.17, 15) is 4.79 Å². The summed E-state index contributed by atoms with van der Waals surface area (Å²) in [5, 5.41) is 8.79.